The maximum Gasteiger partial charge on any atom is 0.305 e. The summed E-state index contributed by atoms with van der Waals surface area (Å²) in [6, 6.07) is -0.719. The Morgan fingerprint density at radius 2 is 2.11 bits per heavy atom. The van der Waals surface area contributed by atoms with Crippen LogP contribution >= 0.6 is 0 Å². The first kappa shape index (κ1) is 13.3. The Hall–Kier alpha value is -1.14. The normalized spacial score (nSPS) is 34.1. The van der Waals surface area contributed by atoms with Gasteiger partial charge in [0.15, 0.2) is 0 Å². The van der Waals surface area contributed by atoms with Crippen molar-refractivity contribution in [3.63, 3.8) is 0 Å². The Morgan fingerprint density at radius 1 is 1.39 bits per heavy atom. The van der Waals surface area contributed by atoms with Crippen molar-refractivity contribution < 1.29 is 19.8 Å². The number of rotatable bonds is 3. The highest BCUT2D eigenvalue weighted by atomic mass is 16.4. The minimum Gasteiger partial charge on any atom is -0.481 e. The molecule has 2 aliphatic rings. The van der Waals surface area contributed by atoms with Gasteiger partial charge in [-0.15, -0.1) is 0 Å². The molecule has 0 radical (unpaired) electrons. The first-order chi connectivity index (χ1) is 8.59. The molecule has 3 atom stereocenters. The molecule has 0 aromatic carbocycles. The molecular weight excluding hydrogens is 236 g/mol. The molecule has 1 aliphatic carbocycles. The van der Waals surface area contributed by atoms with Crippen molar-refractivity contribution in [2.75, 3.05) is 13.1 Å². The second-order valence-electron chi connectivity index (χ2n) is 5.06. The molecule has 3 N–H and O–H groups in total. The minimum atomic E-state index is -0.979. The highest BCUT2D eigenvalue weighted by Gasteiger charge is 2.39. The molecule has 1 saturated heterocycles. The molecule has 0 aromatic rings. The number of amides is 1. The van der Waals surface area contributed by atoms with Gasteiger partial charge in [0.1, 0.15) is 6.04 Å². The number of hydrogen-bond donors (Lipinski definition) is 3. The smallest absolute Gasteiger partial charge is 0.305 e. The zero-order valence-corrected chi connectivity index (χ0v) is 10.3. The lowest BCUT2D eigenvalue weighted by molar-refractivity contribution is -0.145. The molecule has 0 aromatic heterocycles. The average molecular weight is 256 g/mol. The third kappa shape index (κ3) is 2.81. The van der Waals surface area contributed by atoms with Gasteiger partial charge in [-0.1, -0.05) is 12.8 Å². The van der Waals surface area contributed by atoms with Crippen molar-refractivity contribution in [3.05, 3.63) is 0 Å². The molecule has 1 amide bonds. The van der Waals surface area contributed by atoms with Crippen molar-refractivity contribution in [2.24, 2.45) is 0 Å². The molecule has 18 heavy (non-hydrogen) atoms. The summed E-state index contributed by atoms with van der Waals surface area (Å²) in [7, 11) is 0. The Kier molecular flexibility index (Phi) is 4.19. The summed E-state index contributed by atoms with van der Waals surface area (Å²) in [5.74, 6) is -1.21. The maximum absolute atomic E-state index is 11.8. The van der Waals surface area contributed by atoms with Crippen molar-refractivity contribution in [1.29, 1.82) is 0 Å². The van der Waals surface area contributed by atoms with Crippen molar-refractivity contribution in [3.8, 4) is 0 Å². The molecule has 3 unspecified atom stereocenters. The first-order valence-corrected chi connectivity index (χ1v) is 6.53. The predicted molar refractivity (Wildman–Crippen MR) is 64.0 cm³/mol. The zero-order valence-electron chi connectivity index (χ0n) is 10.3. The molecule has 0 bridgehead atoms. The number of nitrogens with zero attached hydrogens (tertiary/aromatic N) is 1. The van der Waals surface area contributed by atoms with Crippen LogP contribution in [0.25, 0.3) is 0 Å². The molecule has 1 aliphatic heterocycles. The lowest BCUT2D eigenvalue weighted by Gasteiger charge is -2.43. The molecule has 2 rings (SSSR count). The van der Waals surface area contributed by atoms with Gasteiger partial charge >= 0.3 is 5.97 Å². The lowest BCUT2D eigenvalue weighted by atomic mass is 9.89. The highest BCUT2D eigenvalue weighted by molar-refractivity contribution is 5.86. The van der Waals surface area contributed by atoms with Crippen LogP contribution in [0.5, 0.6) is 0 Å². The van der Waals surface area contributed by atoms with Crippen LogP contribution in [0.2, 0.25) is 0 Å². The SMILES string of the molecule is O=C(O)CC1C(=O)NCCN1C1CCCCC1O. The van der Waals surface area contributed by atoms with Crippen LogP contribution in [-0.4, -0.2) is 58.3 Å². The highest BCUT2D eigenvalue weighted by Crippen LogP contribution is 2.26. The van der Waals surface area contributed by atoms with E-state index in [0.717, 1.165) is 25.7 Å². The summed E-state index contributed by atoms with van der Waals surface area (Å²) < 4.78 is 0. The quantitative estimate of drug-likeness (QED) is 0.637. The Morgan fingerprint density at radius 3 is 2.78 bits per heavy atom. The number of aliphatic carboxylic acids is 1. The maximum atomic E-state index is 11.8. The number of piperazine rings is 1. The fourth-order valence-electron chi connectivity index (χ4n) is 2.98. The van der Waals surface area contributed by atoms with Gasteiger partial charge in [-0.25, -0.2) is 0 Å². The van der Waals surface area contributed by atoms with Gasteiger partial charge in [0.2, 0.25) is 5.91 Å². The molecule has 1 heterocycles. The average Bonchev–Trinajstić information content (AvgIpc) is 2.32. The van der Waals surface area contributed by atoms with E-state index in [0.29, 0.717) is 13.1 Å². The van der Waals surface area contributed by atoms with E-state index in [-0.39, 0.29) is 18.4 Å². The number of carboxylic acid groups (broad SMARTS) is 1. The predicted octanol–water partition coefficient (Wildman–Crippen LogP) is -0.435. The summed E-state index contributed by atoms with van der Waals surface area (Å²) >= 11 is 0. The number of carbonyl (C=O) groups excluding carboxylic acids is 1. The number of hydrogen-bond acceptors (Lipinski definition) is 4. The molecule has 6 heteroatoms. The number of nitrogens with one attached hydrogen (secondary N) is 1. The van der Waals surface area contributed by atoms with E-state index in [1.807, 2.05) is 4.90 Å². The van der Waals surface area contributed by atoms with Crippen LogP contribution < -0.4 is 5.32 Å². The van der Waals surface area contributed by atoms with Gasteiger partial charge in [-0.3, -0.25) is 14.5 Å². The lowest BCUT2D eigenvalue weighted by Crippen LogP contribution is -2.61. The van der Waals surface area contributed by atoms with Gasteiger partial charge in [0, 0.05) is 19.1 Å². The summed E-state index contributed by atoms with van der Waals surface area (Å²) in [6.07, 6.45) is 2.96. The van der Waals surface area contributed by atoms with Crippen LogP contribution in [0.1, 0.15) is 32.1 Å². The molecule has 6 nitrogen and oxygen atoms in total. The Labute approximate surface area is 106 Å². The molecule has 1 saturated carbocycles. The van der Waals surface area contributed by atoms with Crippen LogP contribution in [0, 0.1) is 0 Å². The van der Waals surface area contributed by atoms with Crippen LogP contribution in [-0.2, 0) is 9.59 Å². The fourth-order valence-corrected chi connectivity index (χ4v) is 2.98. The van der Waals surface area contributed by atoms with E-state index in [1.165, 1.54) is 0 Å². The first-order valence-electron chi connectivity index (χ1n) is 6.53. The number of aliphatic hydroxyl groups is 1. The Balaban J connectivity index is 2.11. The number of carboxylic acids is 1. The van der Waals surface area contributed by atoms with Crippen molar-refractivity contribution >= 4 is 11.9 Å². The monoisotopic (exact) mass is 256 g/mol. The van der Waals surface area contributed by atoms with Crippen LogP contribution in [0.4, 0.5) is 0 Å². The standard InChI is InChI=1S/C12H20N2O4/c15-10-4-2-1-3-8(10)14-6-5-13-12(18)9(14)7-11(16)17/h8-10,15H,1-7H2,(H,13,18)(H,16,17). The topological polar surface area (TPSA) is 89.9 Å². The van der Waals surface area contributed by atoms with Gasteiger partial charge in [0.05, 0.1) is 12.5 Å². The van der Waals surface area contributed by atoms with E-state index in [4.69, 9.17) is 5.11 Å². The van der Waals surface area contributed by atoms with E-state index >= 15 is 0 Å². The molecule has 102 valence electrons. The van der Waals surface area contributed by atoms with E-state index in [2.05, 4.69) is 5.32 Å². The molecule has 0 spiro atoms. The van der Waals surface area contributed by atoms with Gasteiger partial charge in [0.25, 0.3) is 0 Å². The van der Waals surface area contributed by atoms with E-state index < -0.39 is 18.1 Å². The summed E-state index contributed by atoms with van der Waals surface area (Å²) in [4.78, 5) is 24.5. The number of aliphatic hydroxyl groups excluding tert-OH is 1. The van der Waals surface area contributed by atoms with Gasteiger partial charge in [-0.05, 0) is 12.8 Å². The number of carbonyl (C=O) groups is 2. The minimum absolute atomic E-state index is 0.0749. The second-order valence-corrected chi connectivity index (χ2v) is 5.06. The summed E-state index contributed by atoms with van der Waals surface area (Å²) in [5.41, 5.74) is 0. The molecule has 2 fully saturated rings. The Bertz CT molecular complexity index is 334. The van der Waals surface area contributed by atoms with Crippen molar-refractivity contribution in [2.45, 2.75) is 50.3 Å². The zero-order chi connectivity index (χ0) is 13.1. The third-order valence-corrected chi connectivity index (χ3v) is 3.86. The van der Waals surface area contributed by atoms with Crippen LogP contribution in [0.15, 0.2) is 0 Å². The fraction of sp³-hybridized carbons (Fsp3) is 0.833. The largest absolute Gasteiger partial charge is 0.481 e. The van der Waals surface area contributed by atoms with Gasteiger partial charge < -0.3 is 15.5 Å². The third-order valence-electron chi connectivity index (χ3n) is 3.86. The summed E-state index contributed by atoms with van der Waals surface area (Å²) in [6.45, 7) is 1.14. The van der Waals surface area contributed by atoms with Crippen LogP contribution in [0.3, 0.4) is 0 Å². The van der Waals surface area contributed by atoms with Crippen molar-refractivity contribution in [1.82, 2.24) is 10.2 Å². The summed E-state index contributed by atoms with van der Waals surface area (Å²) in [5, 5.41) is 21.6. The second kappa shape index (κ2) is 5.67. The molecular formula is C12H20N2O4. The van der Waals surface area contributed by atoms with Gasteiger partial charge in [-0.2, -0.15) is 0 Å². The van der Waals surface area contributed by atoms with E-state index in [9.17, 15) is 14.7 Å². The van der Waals surface area contributed by atoms with E-state index in [1.54, 1.807) is 0 Å².